The fourth-order valence-corrected chi connectivity index (χ4v) is 8.05. The third-order valence-electron chi connectivity index (χ3n) is 11.6. The molecule has 1 unspecified atom stereocenters. The number of aryl methyl sites for hydroxylation is 1. The number of likely N-dealkylation sites (tertiary alicyclic amines) is 1. The molecule has 0 bridgehead atoms. The number of anilines is 3. The zero-order valence-electron chi connectivity index (χ0n) is 38.0. The average molecular weight is 949 g/mol. The third-order valence-corrected chi connectivity index (χ3v) is 11.9. The van der Waals surface area contributed by atoms with Crippen molar-refractivity contribution in [2.24, 2.45) is 7.05 Å². The zero-order chi connectivity index (χ0) is 47.3. The maximum Gasteiger partial charge on any atom is 0.293 e. The van der Waals surface area contributed by atoms with E-state index in [0.29, 0.717) is 131 Å². The quantitative estimate of drug-likeness (QED) is 0.0763. The van der Waals surface area contributed by atoms with Crippen LogP contribution in [0, 0.1) is 0 Å². The lowest BCUT2D eigenvalue weighted by Gasteiger charge is -2.33. The van der Waals surface area contributed by atoms with Gasteiger partial charge < -0.3 is 58.2 Å². The number of aromatic nitrogens is 3. The van der Waals surface area contributed by atoms with Crippen LogP contribution in [0.4, 0.5) is 17.5 Å². The molecule has 360 valence electrons. The number of likely N-dealkylation sites (N-methyl/N-ethyl adjacent to an activating group) is 2. The van der Waals surface area contributed by atoms with Gasteiger partial charge in [0.05, 0.1) is 77.3 Å². The first-order chi connectivity index (χ1) is 32.5. The fourth-order valence-electron chi connectivity index (χ4n) is 7.91. The lowest BCUT2D eigenvalue weighted by atomic mass is 10.0. The van der Waals surface area contributed by atoms with Gasteiger partial charge in [0.2, 0.25) is 11.9 Å². The molecule has 5 heterocycles. The molecule has 2 fully saturated rings. The molecule has 2 saturated heterocycles. The molecule has 0 aliphatic carbocycles. The summed E-state index contributed by atoms with van der Waals surface area (Å²) in [4.78, 5) is 75.9. The Bertz CT molecular complexity index is 2450. The van der Waals surface area contributed by atoms with Crippen molar-refractivity contribution in [3.8, 4) is 11.5 Å². The second-order valence-corrected chi connectivity index (χ2v) is 16.5. The lowest BCUT2D eigenvalue weighted by Crippen LogP contribution is -2.53. The van der Waals surface area contributed by atoms with Gasteiger partial charge in [-0.05, 0) is 67.3 Å². The number of imide groups is 1. The number of hydrogen-bond acceptors (Lipinski definition) is 16. The highest BCUT2D eigenvalue weighted by Gasteiger charge is 2.41. The molecule has 1 atom stereocenters. The van der Waals surface area contributed by atoms with Crippen molar-refractivity contribution in [3.63, 3.8) is 0 Å². The van der Waals surface area contributed by atoms with Crippen LogP contribution in [-0.2, 0) is 51.7 Å². The normalized spacial score (nSPS) is 16.5. The number of carbonyl (C=O) groups is 4. The van der Waals surface area contributed by atoms with Gasteiger partial charge in [-0.2, -0.15) is 4.98 Å². The van der Waals surface area contributed by atoms with Crippen LogP contribution in [-0.4, -0.2) is 160 Å². The number of ether oxygens (including phenoxy) is 7. The Morgan fingerprint density at radius 1 is 0.821 bits per heavy atom. The van der Waals surface area contributed by atoms with Crippen LogP contribution in [0.15, 0.2) is 53.5 Å². The Labute approximate surface area is 392 Å². The van der Waals surface area contributed by atoms with Crippen LogP contribution in [0.1, 0.15) is 41.6 Å². The van der Waals surface area contributed by atoms with Gasteiger partial charge in [0.15, 0.2) is 18.2 Å². The molecule has 7 rings (SSSR count). The molecule has 2 aromatic heterocycles. The molecular formula is C46H57ClN8O12. The molecule has 4 aromatic rings. The third kappa shape index (κ3) is 12.8. The average Bonchev–Trinajstić information content (AvgIpc) is 3.66. The molecule has 67 heavy (non-hydrogen) atoms. The van der Waals surface area contributed by atoms with E-state index in [4.69, 9.17) is 49.7 Å². The van der Waals surface area contributed by atoms with Crippen molar-refractivity contribution >= 4 is 63.6 Å². The molecule has 0 radical (unpaired) electrons. The number of nitrogens with one attached hydrogen (secondary N) is 2. The van der Waals surface area contributed by atoms with E-state index in [1.54, 1.807) is 36.3 Å². The van der Waals surface area contributed by atoms with Crippen LogP contribution < -0.4 is 30.6 Å². The molecule has 3 aliphatic rings. The van der Waals surface area contributed by atoms with Crippen molar-refractivity contribution in [1.82, 2.24) is 29.7 Å². The number of rotatable bonds is 24. The molecule has 20 nitrogen and oxygen atoms in total. The first kappa shape index (κ1) is 49.0. The molecule has 2 aromatic carbocycles. The molecule has 21 heteroatoms. The highest BCUT2D eigenvalue weighted by Crippen LogP contribution is 2.32. The Morgan fingerprint density at radius 3 is 2.21 bits per heavy atom. The number of nitrogens with zero attached hydrogens (tertiary/aromatic N) is 6. The van der Waals surface area contributed by atoms with E-state index in [2.05, 4.69) is 20.5 Å². The van der Waals surface area contributed by atoms with E-state index in [0.717, 1.165) is 28.7 Å². The molecule has 2 N–H and O–H groups in total. The SMILES string of the molecule is CNC(=O)COc1cc2cc(Nc3nc(N4CCC(OCCOCCOCCOCCOCCOc5ccc6c(c5)CN(C5CCC(=O)N(C)C5=O)C6=O)CC4)ncc3Cl)ccc2n(C)c1=O. The van der Waals surface area contributed by atoms with Crippen LogP contribution in [0.3, 0.4) is 0 Å². The summed E-state index contributed by atoms with van der Waals surface area (Å²) in [6.07, 6.45) is 3.84. The Morgan fingerprint density at radius 2 is 1.51 bits per heavy atom. The van der Waals surface area contributed by atoms with Crippen molar-refractivity contribution in [2.45, 2.75) is 44.4 Å². The number of halogens is 1. The van der Waals surface area contributed by atoms with E-state index >= 15 is 0 Å². The number of amides is 4. The van der Waals surface area contributed by atoms with Crippen LogP contribution in [0.2, 0.25) is 5.02 Å². The number of pyridine rings is 1. The van der Waals surface area contributed by atoms with Crippen LogP contribution in [0.5, 0.6) is 11.5 Å². The number of piperidine rings is 2. The number of fused-ring (bicyclic) bond motifs is 2. The number of hydrogen-bond donors (Lipinski definition) is 2. The van der Waals surface area contributed by atoms with Gasteiger partial charge >= 0.3 is 0 Å². The van der Waals surface area contributed by atoms with Gasteiger partial charge in [0.25, 0.3) is 23.3 Å². The van der Waals surface area contributed by atoms with Crippen molar-refractivity contribution in [3.05, 3.63) is 75.2 Å². The minimum atomic E-state index is -0.639. The number of carbonyl (C=O) groups excluding carboxylic acids is 4. The first-order valence-corrected chi connectivity index (χ1v) is 22.7. The first-order valence-electron chi connectivity index (χ1n) is 22.3. The molecule has 0 saturated carbocycles. The predicted molar refractivity (Wildman–Crippen MR) is 246 cm³/mol. The van der Waals surface area contributed by atoms with E-state index in [-0.39, 0.29) is 54.1 Å². The summed E-state index contributed by atoms with van der Waals surface area (Å²) in [5.74, 6) is 0.544. The summed E-state index contributed by atoms with van der Waals surface area (Å²) < 4.78 is 41.3. The largest absolute Gasteiger partial charge is 0.491 e. The Kier molecular flexibility index (Phi) is 17.3. The van der Waals surface area contributed by atoms with Gasteiger partial charge in [-0.3, -0.25) is 28.9 Å². The highest BCUT2D eigenvalue weighted by molar-refractivity contribution is 6.33. The van der Waals surface area contributed by atoms with E-state index in [1.807, 2.05) is 24.3 Å². The maximum absolute atomic E-state index is 13.0. The van der Waals surface area contributed by atoms with Crippen LogP contribution in [0.25, 0.3) is 10.9 Å². The fraction of sp³-hybridized carbons (Fsp3) is 0.500. The molecular weight excluding hydrogens is 892 g/mol. The second-order valence-electron chi connectivity index (χ2n) is 16.1. The smallest absolute Gasteiger partial charge is 0.293 e. The van der Waals surface area contributed by atoms with Gasteiger partial charge in [-0.25, -0.2) is 4.98 Å². The summed E-state index contributed by atoms with van der Waals surface area (Å²) in [7, 11) is 4.60. The summed E-state index contributed by atoms with van der Waals surface area (Å²) in [6, 6.07) is 11.7. The second kappa shape index (κ2) is 23.7. The minimum absolute atomic E-state index is 0.0684. The van der Waals surface area contributed by atoms with Gasteiger partial charge in [0, 0.05) is 63.8 Å². The van der Waals surface area contributed by atoms with Crippen molar-refractivity contribution in [2.75, 3.05) is 110 Å². The number of benzene rings is 2. The minimum Gasteiger partial charge on any atom is -0.491 e. The van der Waals surface area contributed by atoms with E-state index in [9.17, 15) is 24.0 Å². The lowest BCUT2D eigenvalue weighted by molar-refractivity contribution is -0.150. The topological polar surface area (TPSA) is 214 Å². The molecule has 3 aliphatic heterocycles. The monoisotopic (exact) mass is 948 g/mol. The van der Waals surface area contributed by atoms with Gasteiger partial charge in [-0.15, -0.1) is 0 Å². The van der Waals surface area contributed by atoms with Gasteiger partial charge in [0.1, 0.15) is 23.4 Å². The molecule has 4 amide bonds. The highest BCUT2D eigenvalue weighted by atomic mass is 35.5. The zero-order valence-corrected chi connectivity index (χ0v) is 38.7. The van der Waals surface area contributed by atoms with Crippen molar-refractivity contribution < 1.29 is 52.3 Å². The van der Waals surface area contributed by atoms with Crippen molar-refractivity contribution in [1.29, 1.82) is 0 Å². The Hall–Kier alpha value is -5.90. The summed E-state index contributed by atoms with van der Waals surface area (Å²) in [5, 5.41) is 6.82. The maximum atomic E-state index is 13.0. The summed E-state index contributed by atoms with van der Waals surface area (Å²) >= 11 is 6.51. The van der Waals surface area contributed by atoms with Gasteiger partial charge in [-0.1, -0.05) is 11.6 Å². The Balaban J connectivity index is 0.695. The standard InChI is InChI=1S/C46H57ClN8O12/c1-48-40(56)29-67-39-26-30-24-32(4-7-37(30)52(2)45(39)60)50-42-36(47)27-49-46(51-42)54-12-10-33(11-13-54)65-22-20-63-18-16-61-14-15-62-17-19-64-21-23-66-34-5-6-35-31(25-34)28-55(43(35)58)38-8-9-41(57)53(3)44(38)59/h4-7,24-27,33,38H,8-23,28-29H2,1-3H3,(H,48,56)(H,49,50,51). The van der Waals surface area contributed by atoms with Crippen LogP contribution >= 0.6 is 11.6 Å². The summed E-state index contributed by atoms with van der Waals surface area (Å²) in [6.45, 7) is 5.64. The van der Waals surface area contributed by atoms with E-state index in [1.165, 1.54) is 18.7 Å². The summed E-state index contributed by atoms with van der Waals surface area (Å²) in [5.41, 5.74) is 2.37. The molecule has 0 spiro atoms. The van der Waals surface area contributed by atoms with E-state index < -0.39 is 6.04 Å². The predicted octanol–water partition coefficient (Wildman–Crippen LogP) is 3.08.